The third-order valence-corrected chi connectivity index (χ3v) is 3.79. The van der Waals surface area contributed by atoms with Crippen LogP contribution in [0.25, 0.3) is 0 Å². The minimum absolute atomic E-state index is 0.0268. The predicted molar refractivity (Wildman–Crippen MR) is 83.4 cm³/mol. The van der Waals surface area contributed by atoms with Crippen molar-refractivity contribution in [1.29, 1.82) is 0 Å². The van der Waals surface area contributed by atoms with Crippen LogP contribution in [-0.4, -0.2) is 36.6 Å². The van der Waals surface area contributed by atoms with Crippen LogP contribution in [0.2, 0.25) is 5.02 Å². The first-order valence-corrected chi connectivity index (χ1v) is 7.62. The third kappa shape index (κ3) is 4.12. The molecule has 1 aromatic rings. The van der Waals surface area contributed by atoms with E-state index in [0.717, 1.165) is 44.6 Å². The summed E-state index contributed by atoms with van der Waals surface area (Å²) in [5.74, 6) is 0. The topological polar surface area (TPSA) is 44.4 Å². The normalized spacial score (nSPS) is 15.9. The molecular formula is C15H22ClN3O. The van der Waals surface area contributed by atoms with Gasteiger partial charge in [0.1, 0.15) is 0 Å². The minimum Gasteiger partial charge on any atom is -0.321 e. The molecule has 2 amide bonds. The van der Waals surface area contributed by atoms with Crippen LogP contribution in [0.15, 0.2) is 24.3 Å². The Bertz CT molecular complexity index is 446. The number of nitrogens with one attached hydrogen (secondary N) is 2. The van der Waals surface area contributed by atoms with E-state index in [9.17, 15) is 4.79 Å². The van der Waals surface area contributed by atoms with E-state index in [1.807, 2.05) is 17.0 Å². The van der Waals surface area contributed by atoms with Gasteiger partial charge in [-0.05, 0) is 50.6 Å². The highest BCUT2D eigenvalue weighted by molar-refractivity contribution is 6.30. The number of hydrogen-bond donors (Lipinski definition) is 2. The lowest BCUT2D eigenvalue weighted by Crippen LogP contribution is -2.48. The van der Waals surface area contributed by atoms with E-state index in [4.69, 9.17) is 11.6 Å². The van der Waals surface area contributed by atoms with E-state index in [1.165, 1.54) is 0 Å². The maximum absolute atomic E-state index is 12.5. The molecule has 5 heteroatoms. The molecule has 4 nitrogen and oxygen atoms in total. The Morgan fingerprint density at radius 2 is 2.20 bits per heavy atom. The molecule has 0 aromatic heterocycles. The lowest BCUT2D eigenvalue weighted by molar-refractivity contribution is 0.171. The van der Waals surface area contributed by atoms with Gasteiger partial charge in [0.25, 0.3) is 0 Å². The van der Waals surface area contributed by atoms with Gasteiger partial charge >= 0.3 is 6.03 Å². The molecule has 0 radical (unpaired) electrons. The van der Waals surface area contributed by atoms with Crippen LogP contribution in [-0.2, 0) is 0 Å². The van der Waals surface area contributed by atoms with Gasteiger partial charge in [-0.25, -0.2) is 4.79 Å². The van der Waals surface area contributed by atoms with Crippen LogP contribution in [0, 0.1) is 0 Å². The van der Waals surface area contributed by atoms with Gasteiger partial charge in [-0.2, -0.15) is 0 Å². The monoisotopic (exact) mass is 295 g/mol. The van der Waals surface area contributed by atoms with Gasteiger partial charge in [0.15, 0.2) is 0 Å². The first-order valence-electron chi connectivity index (χ1n) is 7.24. The molecule has 1 saturated heterocycles. The van der Waals surface area contributed by atoms with Gasteiger partial charge in [0.2, 0.25) is 0 Å². The predicted octanol–water partition coefficient (Wildman–Crippen LogP) is 3.34. The molecule has 20 heavy (non-hydrogen) atoms. The summed E-state index contributed by atoms with van der Waals surface area (Å²) >= 11 is 5.94. The molecule has 1 aliphatic rings. The lowest BCUT2D eigenvalue weighted by atomic mass is 10.0. The first kappa shape index (κ1) is 15.1. The first-order chi connectivity index (χ1) is 9.70. The van der Waals surface area contributed by atoms with Gasteiger partial charge < -0.3 is 15.5 Å². The average Bonchev–Trinajstić information content (AvgIpc) is 2.45. The number of rotatable bonds is 4. The van der Waals surface area contributed by atoms with Gasteiger partial charge in [0.05, 0.1) is 0 Å². The second-order valence-electron chi connectivity index (χ2n) is 5.12. The SMILES string of the molecule is CCCN(C(=O)Nc1cccc(Cl)c1)C1CCNCC1. The van der Waals surface area contributed by atoms with Gasteiger partial charge in [-0.15, -0.1) is 0 Å². The van der Waals surface area contributed by atoms with Crippen LogP contribution < -0.4 is 10.6 Å². The summed E-state index contributed by atoms with van der Waals surface area (Å²) in [6, 6.07) is 7.57. The van der Waals surface area contributed by atoms with Crippen molar-refractivity contribution in [2.24, 2.45) is 0 Å². The Morgan fingerprint density at radius 1 is 1.45 bits per heavy atom. The zero-order valence-electron chi connectivity index (χ0n) is 11.9. The fourth-order valence-electron chi connectivity index (χ4n) is 2.57. The number of urea groups is 1. The number of nitrogens with zero attached hydrogens (tertiary/aromatic N) is 1. The molecule has 2 N–H and O–H groups in total. The summed E-state index contributed by atoms with van der Waals surface area (Å²) in [5, 5.41) is 6.91. The molecule has 0 atom stereocenters. The highest BCUT2D eigenvalue weighted by Gasteiger charge is 2.24. The Morgan fingerprint density at radius 3 is 2.85 bits per heavy atom. The van der Waals surface area contributed by atoms with Crippen LogP contribution in [0.3, 0.4) is 0 Å². The summed E-state index contributed by atoms with van der Waals surface area (Å²) in [5.41, 5.74) is 0.748. The highest BCUT2D eigenvalue weighted by atomic mass is 35.5. The summed E-state index contributed by atoms with van der Waals surface area (Å²) in [4.78, 5) is 14.4. The maximum atomic E-state index is 12.5. The zero-order chi connectivity index (χ0) is 14.4. The number of carbonyl (C=O) groups is 1. The fraction of sp³-hybridized carbons (Fsp3) is 0.533. The fourth-order valence-corrected chi connectivity index (χ4v) is 2.76. The molecule has 1 heterocycles. The number of benzene rings is 1. The number of amides is 2. The Hall–Kier alpha value is -1.26. The second kappa shape index (κ2) is 7.50. The van der Waals surface area contributed by atoms with E-state index in [-0.39, 0.29) is 6.03 Å². The molecule has 1 fully saturated rings. The van der Waals surface area contributed by atoms with Crippen molar-refractivity contribution in [2.45, 2.75) is 32.2 Å². The summed E-state index contributed by atoms with van der Waals surface area (Å²) < 4.78 is 0. The summed E-state index contributed by atoms with van der Waals surface area (Å²) in [6.07, 6.45) is 3.00. The molecule has 110 valence electrons. The molecule has 2 rings (SSSR count). The minimum atomic E-state index is -0.0268. The van der Waals surface area contributed by atoms with Gasteiger partial charge in [-0.3, -0.25) is 0 Å². The number of halogens is 1. The van der Waals surface area contributed by atoms with E-state index in [2.05, 4.69) is 17.6 Å². The molecular weight excluding hydrogens is 274 g/mol. The van der Waals surface area contributed by atoms with Crippen molar-refractivity contribution in [2.75, 3.05) is 25.0 Å². The molecule has 0 aliphatic carbocycles. The summed E-state index contributed by atoms with van der Waals surface area (Å²) in [6.45, 7) is 4.85. The third-order valence-electron chi connectivity index (χ3n) is 3.55. The molecule has 0 unspecified atom stereocenters. The van der Waals surface area contributed by atoms with Gasteiger partial charge in [0, 0.05) is 23.3 Å². The van der Waals surface area contributed by atoms with Crippen molar-refractivity contribution in [1.82, 2.24) is 10.2 Å². The van der Waals surface area contributed by atoms with Crippen LogP contribution >= 0.6 is 11.6 Å². The van der Waals surface area contributed by atoms with Crippen molar-refractivity contribution >= 4 is 23.3 Å². The van der Waals surface area contributed by atoms with Gasteiger partial charge in [-0.1, -0.05) is 24.6 Å². The standard InChI is InChI=1S/C15H22ClN3O/c1-2-10-19(14-6-8-17-9-7-14)15(20)18-13-5-3-4-12(16)11-13/h3-5,11,14,17H,2,6-10H2,1H3,(H,18,20). The van der Waals surface area contributed by atoms with Crippen molar-refractivity contribution in [3.8, 4) is 0 Å². The maximum Gasteiger partial charge on any atom is 0.322 e. The van der Waals surface area contributed by atoms with Crippen molar-refractivity contribution < 1.29 is 4.79 Å². The van der Waals surface area contributed by atoms with E-state index in [0.29, 0.717) is 11.1 Å². The quantitative estimate of drug-likeness (QED) is 0.895. The van der Waals surface area contributed by atoms with Crippen LogP contribution in [0.5, 0.6) is 0 Å². The molecule has 0 saturated carbocycles. The van der Waals surface area contributed by atoms with E-state index < -0.39 is 0 Å². The van der Waals surface area contributed by atoms with Crippen LogP contribution in [0.4, 0.5) is 10.5 Å². The Kier molecular flexibility index (Phi) is 5.68. The van der Waals surface area contributed by atoms with E-state index >= 15 is 0 Å². The molecule has 0 spiro atoms. The second-order valence-corrected chi connectivity index (χ2v) is 5.55. The Balaban J connectivity index is 2.02. The number of carbonyl (C=O) groups excluding carboxylic acids is 1. The smallest absolute Gasteiger partial charge is 0.321 e. The van der Waals surface area contributed by atoms with Crippen molar-refractivity contribution in [3.05, 3.63) is 29.3 Å². The summed E-state index contributed by atoms with van der Waals surface area (Å²) in [7, 11) is 0. The average molecular weight is 296 g/mol. The molecule has 1 aliphatic heterocycles. The number of hydrogen-bond acceptors (Lipinski definition) is 2. The lowest BCUT2D eigenvalue weighted by Gasteiger charge is -2.34. The largest absolute Gasteiger partial charge is 0.322 e. The molecule has 1 aromatic carbocycles. The van der Waals surface area contributed by atoms with Crippen LogP contribution in [0.1, 0.15) is 26.2 Å². The zero-order valence-corrected chi connectivity index (χ0v) is 12.6. The number of piperidine rings is 1. The van der Waals surface area contributed by atoms with E-state index in [1.54, 1.807) is 12.1 Å². The molecule has 0 bridgehead atoms. The Labute approximate surface area is 125 Å². The number of anilines is 1. The highest BCUT2D eigenvalue weighted by Crippen LogP contribution is 2.18. The van der Waals surface area contributed by atoms with Crippen molar-refractivity contribution in [3.63, 3.8) is 0 Å².